The van der Waals surface area contributed by atoms with E-state index in [-0.39, 0.29) is 29.9 Å². The van der Waals surface area contributed by atoms with Crippen LogP contribution in [0.3, 0.4) is 0 Å². The zero-order valence-electron chi connectivity index (χ0n) is 22.5. The van der Waals surface area contributed by atoms with Gasteiger partial charge in [-0.3, -0.25) is 13.9 Å². The Morgan fingerprint density at radius 2 is 1.62 bits per heavy atom. The number of anilines is 1. The number of carbonyl (C=O) groups is 2. The van der Waals surface area contributed by atoms with Crippen LogP contribution in [0, 0.1) is 0 Å². The van der Waals surface area contributed by atoms with Gasteiger partial charge in [0.15, 0.2) is 0 Å². The summed E-state index contributed by atoms with van der Waals surface area (Å²) in [5, 5.41) is 2.86. The molecule has 0 fully saturated rings. The maximum atomic E-state index is 13.8. The third kappa shape index (κ3) is 8.01. The summed E-state index contributed by atoms with van der Waals surface area (Å²) in [4.78, 5) is 28.3. The fourth-order valence-electron chi connectivity index (χ4n) is 3.85. The Morgan fingerprint density at radius 1 is 0.973 bits per heavy atom. The minimum absolute atomic E-state index is 0.0808. The van der Waals surface area contributed by atoms with Crippen molar-refractivity contribution < 1.29 is 32.2 Å². The van der Waals surface area contributed by atoms with Crippen LogP contribution in [0.4, 0.5) is 5.69 Å². The quantitative estimate of drug-likeness (QED) is 0.419. The van der Waals surface area contributed by atoms with Crippen molar-refractivity contribution in [2.24, 2.45) is 0 Å². The summed E-state index contributed by atoms with van der Waals surface area (Å²) in [6.45, 7) is 5.02. The first kappa shape index (κ1) is 29.8. The molecule has 0 saturated carbocycles. The van der Waals surface area contributed by atoms with Crippen LogP contribution in [0.15, 0.2) is 42.5 Å². The average molecular weight is 536 g/mol. The summed E-state index contributed by atoms with van der Waals surface area (Å²) >= 11 is 0. The second-order valence-electron chi connectivity index (χ2n) is 8.77. The number of rotatable bonds is 13. The van der Waals surface area contributed by atoms with E-state index in [0.29, 0.717) is 17.9 Å². The predicted molar refractivity (Wildman–Crippen MR) is 143 cm³/mol. The van der Waals surface area contributed by atoms with Gasteiger partial charge in [0, 0.05) is 18.7 Å². The van der Waals surface area contributed by atoms with Gasteiger partial charge >= 0.3 is 0 Å². The normalized spacial score (nSPS) is 12.0. The number of methoxy groups -OCH3 is 3. The minimum Gasteiger partial charge on any atom is -0.497 e. The van der Waals surface area contributed by atoms with Gasteiger partial charge in [0.05, 0.1) is 33.3 Å². The SMILES string of the molecule is CC[C@@H](C(=O)NC(C)C)N(Cc1cccc(OC)c1)C(=O)CN(c1ccc(OC)cc1OC)S(C)(=O)=O. The van der Waals surface area contributed by atoms with Gasteiger partial charge < -0.3 is 24.4 Å². The van der Waals surface area contributed by atoms with Crippen LogP contribution in [-0.2, 0) is 26.2 Å². The van der Waals surface area contributed by atoms with Crippen molar-refractivity contribution >= 4 is 27.5 Å². The Morgan fingerprint density at radius 3 is 2.16 bits per heavy atom. The lowest BCUT2D eigenvalue weighted by molar-refractivity contribution is -0.140. The number of sulfonamides is 1. The second kappa shape index (κ2) is 13.2. The zero-order chi connectivity index (χ0) is 27.8. The molecule has 0 spiro atoms. The van der Waals surface area contributed by atoms with Crippen molar-refractivity contribution in [1.29, 1.82) is 0 Å². The van der Waals surface area contributed by atoms with E-state index in [1.807, 2.05) is 19.9 Å². The summed E-state index contributed by atoms with van der Waals surface area (Å²) in [5.41, 5.74) is 0.914. The third-order valence-electron chi connectivity index (χ3n) is 5.64. The number of hydrogen-bond acceptors (Lipinski definition) is 7. The lowest BCUT2D eigenvalue weighted by atomic mass is 10.1. The van der Waals surface area contributed by atoms with E-state index in [9.17, 15) is 18.0 Å². The van der Waals surface area contributed by atoms with Gasteiger partial charge in [0.25, 0.3) is 0 Å². The van der Waals surface area contributed by atoms with E-state index in [0.717, 1.165) is 16.1 Å². The average Bonchev–Trinajstić information content (AvgIpc) is 2.85. The first-order valence-corrected chi connectivity index (χ1v) is 13.7. The molecule has 10 nitrogen and oxygen atoms in total. The molecule has 0 unspecified atom stereocenters. The van der Waals surface area contributed by atoms with Crippen molar-refractivity contribution in [1.82, 2.24) is 10.2 Å². The first-order valence-electron chi connectivity index (χ1n) is 11.9. The molecule has 2 aromatic rings. The Kier molecular flexibility index (Phi) is 10.6. The highest BCUT2D eigenvalue weighted by molar-refractivity contribution is 7.92. The van der Waals surface area contributed by atoms with E-state index in [1.54, 1.807) is 38.3 Å². The van der Waals surface area contributed by atoms with Crippen molar-refractivity contribution in [3.63, 3.8) is 0 Å². The maximum absolute atomic E-state index is 13.8. The minimum atomic E-state index is -3.91. The first-order chi connectivity index (χ1) is 17.4. The highest BCUT2D eigenvalue weighted by atomic mass is 32.2. The second-order valence-corrected chi connectivity index (χ2v) is 10.7. The van der Waals surface area contributed by atoms with E-state index >= 15 is 0 Å². The van der Waals surface area contributed by atoms with Gasteiger partial charge in [-0.15, -0.1) is 0 Å². The molecule has 0 aliphatic heterocycles. The topological polar surface area (TPSA) is 114 Å². The van der Waals surface area contributed by atoms with Crippen LogP contribution in [-0.4, -0.2) is 71.3 Å². The number of hydrogen-bond donors (Lipinski definition) is 1. The van der Waals surface area contributed by atoms with E-state index in [4.69, 9.17) is 14.2 Å². The molecule has 0 aliphatic rings. The molecule has 2 amide bonds. The van der Waals surface area contributed by atoms with Gasteiger partial charge in [0.2, 0.25) is 21.8 Å². The predicted octanol–water partition coefficient (Wildman–Crippen LogP) is 2.81. The van der Waals surface area contributed by atoms with Crippen LogP contribution in [0.25, 0.3) is 0 Å². The van der Waals surface area contributed by atoms with Crippen LogP contribution < -0.4 is 23.8 Å². The van der Waals surface area contributed by atoms with Crippen molar-refractivity contribution in [2.75, 3.05) is 38.4 Å². The molecule has 0 aromatic heterocycles. The summed E-state index contributed by atoms with van der Waals surface area (Å²) in [6.07, 6.45) is 1.35. The van der Waals surface area contributed by atoms with Gasteiger partial charge in [-0.25, -0.2) is 8.42 Å². The standard InChI is InChI=1S/C26H37N3O7S/c1-8-22(26(31)27-18(2)3)28(16-19-10-9-11-20(14-19)34-4)25(30)17-29(37(7,32)33)23-13-12-21(35-5)15-24(23)36-6/h9-15,18,22H,8,16-17H2,1-7H3,(H,27,31)/t22-/m0/s1. The van der Waals surface area contributed by atoms with Gasteiger partial charge in [-0.05, 0) is 50.1 Å². The monoisotopic (exact) mass is 535 g/mol. The molecule has 0 radical (unpaired) electrons. The van der Waals surface area contributed by atoms with Crippen LogP contribution >= 0.6 is 0 Å². The molecular formula is C26H37N3O7S. The highest BCUT2D eigenvalue weighted by Gasteiger charge is 2.33. The molecule has 1 N–H and O–H groups in total. The van der Waals surface area contributed by atoms with Crippen LogP contribution in [0.2, 0.25) is 0 Å². The van der Waals surface area contributed by atoms with Crippen molar-refractivity contribution in [3.8, 4) is 17.2 Å². The number of nitrogens with one attached hydrogen (secondary N) is 1. The summed E-state index contributed by atoms with van der Waals surface area (Å²) in [6, 6.07) is 10.8. The molecule has 2 rings (SSSR count). The Hall–Kier alpha value is -3.47. The van der Waals surface area contributed by atoms with E-state index in [2.05, 4.69) is 5.32 Å². The molecule has 2 aromatic carbocycles. The molecule has 0 aliphatic carbocycles. The smallest absolute Gasteiger partial charge is 0.244 e. The number of amides is 2. The van der Waals surface area contributed by atoms with Crippen LogP contribution in [0.1, 0.15) is 32.8 Å². The fourth-order valence-corrected chi connectivity index (χ4v) is 4.71. The molecular weight excluding hydrogens is 498 g/mol. The number of nitrogens with zero attached hydrogens (tertiary/aromatic N) is 2. The van der Waals surface area contributed by atoms with Crippen molar-refractivity contribution in [3.05, 3.63) is 48.0 Å². The lowest BCUT2D eigenvalue weighted by Gasteiger charge is -2.33. The molecule has 1 atom stereocenters. The van der Waals surface area contributed by atoms with E-state index < -0.39 is 28.5 Å². The Balaban J connectivity index is 2.52. The molecule has 0 heterocycles. The summed E-state index contributed by atoms with van der Waals surface area (Å²) in [5.74, 6) is 0.432. The fraction of sp³-hybridized carbons (Fsp3) is 0.462. The largest absolute Gasteiger partial charge is 0.497 e. The maximum Gasteiger partial charge on any atom is 0.244 e. The van der Waals surface area contributed by atoms with Crippen LogP contribution in [0.5, 0.6) is 17.2 Å². The molecule has 204 valence electrons. The number of carbonyl (C=O) groups excluding carboxylic acids is 2. The molecule has 37 heavy (non-hydrogen) atoms. The summed E-state index contributed by atoms with van der Waals surface area (Å²) < 4.78 is 42.6. The lowest BCUT2D eigenvalue weighted by Crippen LogP contribution is -2.53. The number of ether oxygens (including phenoxy) is 3. The zero-order valence-corrected chi connectivity index (χ0v) is 23.3. The third-order valence-corrected chi connectivity index (χ3v) is 6.77. The summed E-state index contributed by atoms with van der Waals surface area (Å²) in [7, 11) is 0.515. The molecule has 11 heteroatoms. The Bertz CT molecular complexity index is 1180. The number of benzene rings is 2. The Labute approximate surface area is 219 Å². The molecule has 0 bridgehead atoms. The van der Waals surface area contributed by atoms with E-state index in [1.165, 1.54) is 31.3 Å². The van der Waals surface area contributed by atoms with Gasteiger partial charge in [0.1, 0.15) is 29.8 Å². The van der Waals surface area contributed by atoms with Gasteiger partial charge in [-0.2, -0.15) is 0 Å². The van der Waals surface area contributed by atoms with Gasteiger partial charge in [-0.1, -0.05) is 19.1 Å². The molecule has 0 saturated heterocycles. The van der Waals surface area contributed by atoms with Crippen molar-refractivity contribution in [2.45, 2.75) is 45.8 Å². The highest BCUT2D eigenvalue weighted by Crippen LogP contribution is 2.33.